The average Bonchev–Trinajstić information content (AvgIpc) is 2.96. The van der Waals surface area contributed by atoms with E-state index >= 15 is 0 Å². The lowest BCUT2D eigenvalue weighted by Crippen LogP contribution is -2.30. The summed E-state index contributed by atoms with van der Waals surface area (Å²) in [4.78, 5) is 39.7. The Morgan fingerprint density at radius 1 is 0.829 bits per heavy atom. The van der Waals surface area contributed by atoms with Crippen LogP contribution in [-0.2, 0) is 9.59 Å². The molecule has 4 aromatic rings. The summed E-state index contributed by atoms with van der Waals surface area (Å²) < 4.78 is 0.906. The Morgan fingerprint density at radius 3 is 2.17 bits per heavy atom. The van der Waals surface area contributed by atoms with Gasteiger partial charge in [0.1, 0.15) is 5.70 Å². The van der Waals surface area contributed by atoms with Crippen molar-refractivity contribution in [2.24, 2.45) is 0 Å². The monoisotopic (exact) mass is 627 g/mol. The first-order chi connectivity index (χ1) is 19.7. The lowest BCUT2D eigenvalue weighted by atomic mass is 10.1. The van der Waals surface area contributed by atoms with E-state index in [0.717, 1.165) is 31.7 Å². The summed E-state index contributed by atoms with van der Waals surface area (Å²) in [6.45, 7) is 5.84. The average molecular weight is 629 g/mol. The van der Waals surface area contributed by atoms with Crippen molar-refractivity contribution in [2.75, 3.05) is 10.6 Å². The van der Waals surface area contributed by atoms with Gasteiger partial charge in [0.2, 0.25) is 5.91 Å². The maximum atomic E-state index is 13.3. The normalized spacial score (nSPS) is 11.9. The molecule has 8 heteroatoms. The van der Waals surface area contributed by atoms with Gasteiger partial charge in [0.25, 0.3) is 11.8 Å². The molecule has 3 amide bonds. The molecule has 0 saturated heterocycles. The molecule has 0 aromatic heterocycles. The lowest BCUT2D eigenvalue weighted by Gasteiger charge is -2.15. The summed E-state index contributed by atoms with van der Waals surface area (Å²) >= 11 is 4.84. The van der Waals surface area contributed by atoms with Crippen molar-refractivity contribution in [3.63, 3.8) is 0 Å². The van der Waals surface area contributed by atoms with Crippen LogP contribution in [0, 0.1) is 13.8 Å². The molecule has 1 unspecified atom stereocenters. The molecule has 0 heterocycles. The van der Waals surface area contributed by atoms with Gasteiger partial charge in [-0.15, -0.1) is 11.8 Å². The van der Waals surface area contributed by atoms with Crippen molar-refractivity contribution in [2.45, 2.75) is 30.9 Å². The van der Waals surface area contributed by atoms with E-state index in [1.807, 2.05) is 81.4 Å². The van der Waals surface area contributed by atoms with E-state index in [0.29, 0.717) is 11.3 Å². The summed E-state index contributed by atoms with van der Waals surface area (Å²) in [6, 6.07) is 29.3. The zero-order chi connectivity index (χ0) is 29.4. The first-order valence-corrected chi connectivity index (χ1v) is 14.6. The second kappa shape index (κ2) is 14.0. The molecule has 0 radical (unpaired) electrons. The van der Waals surface area contributed by atoms with Gasteiger partial charge in [0.15, 0.2) is 0 Å². The van der Waals surface area contributed by atoms with Crippen molar-refractivity contribution < 1.29 is 14.4 Å². The minimum absolute atomic E-state index is 0.0868. The fourth-order valence-electron chi connectivity index (χ4n) is 3.93. The Labute approximate surface area is 252 Å². The van der Waals surface area contributed by atoms with Gasteiger partial charge in [-0.2, -0.15) is 0 Å². The molecule has 0 fully saturated rings. The van der Waals surface area contributed by atoms with Crippen LogP contribution in [0.15, 0.2) is 112 Å². The third kappa shape index (κ3) is 8.67. The van der Waals surface area contributed by atoms with Gasteiger partial charge in [-0.25, -0.2) is 0 Å². The summed E-state index contributed by atoms with van der Waals surface area (Å²) in [6.07, 6.45) is 1.63. The third-order valence-corrected chi connectivity index (χ3v) is 7.78. The van der Waals surface area contributed by atoms with E-state index in [4.69, 9.17) is 0 Å². The molecule has 0 aliphatic heterocycles. The highest BCUT2D eigenvalue weighted by Crippen LogP contribution is 2.26. The number of halogens is 1. The van der Waals surface area contributed by atoms with Crippen molar-refractivity contribution in [1.29, 1.82) is 0 Å². The highest BCUT2D eigenvalue weighted by Gasteiger charge is 2.17. The van der Waals surface area contributed by atoms with Crippen molar-refractivity contribution in [3.8, 4) is 0 Å². The number of carbonyl (C=O) groups is 3. The summed E-state index contributed by atoms with van der Waals surface area (Å²) in [5.74, 6) is -0.931. The van der Waals surface area contributed by atoms with Gasteiger partial charge < -0.3 is 16.0 Å². The number of anilines is 2. The van der Waals surface area contributed by atoms with Crippen LogP contribution in [0.1, 0.15) is 34.0 Å². The highest BCUT2D eigenvalue weighted by molar-refractivity contribution is 9.10. The van der Waals surface area contributed by atoms with E-state index in [9.17, 15) is 14.4 Å². The van der Waals surface area contributed by atoms with Crippen LogP contribution < -0.4 is 16.0 Å². The molecule has 41 heavy (non-hydrogen) atoms. The predicted octanol–water partition coefficient (Wildman–Crippen LogP) is 7.59. The number of hydrogen-bond donors (Lipinski definition) is 3. The Kier molecular flexibility index (Phi) is 10.2. The number of nitrogens with one attached hydrogen (secondary N) is 3. The number of carbonyl (C=O) groups excluding carboxylic acids is 3. The van der Waals surface area contributed by atoms with Gasteiger partial charge >= 0.3 is 0 Å². The van der Waals surface area contributed by atoms with Crippen LogP contribution in [0.25, 0.3) is 6.08 Å². The zero-order valence-corrected chi connectivity index (χ0v) is 25.3. The van der Waals surface area contributed by atoms with Gasteiger partial charge in [0, 0.05) is 26.3 Å². The Hall–Kier alpha value is -4.14. The number of aryl methyl sites for hydroxylation is 2. The fourth-order valence-corrected chi connectivity index (χ4v) is 5.06. The minimum Gasteiger partial charge on any atom is -0.325 e. The van der Waals surface area contributed by atoms with Crippen LogP contribution in [0.3, 0.4) is 0 Å². The molecule has 0 saturated carbocycles. The quantitative estimate of drug-likeness (QED) is 0.132. The molecule has 0 bridgehead atoms. The van der Waals surface area contributed by atoms with Crippen LogP contribution in [0.5, 0.6) is 0 Å². The molecular weight excluding hydrogens is 598 g/mol. The number of benzene rings is 4. The lowest BCUT2D eigenvalue weighted by molar-refractivity contribution is -0.115. The van der Waals surface area contributed by atoms with Crippen molar-refractivity contribution >= 4 is 62.9 Å². The van der Waals surface area contributed by atoms with Crippen LogP contribution >= 0.6 is 27.7 Å². The summed E-state index contributed by atoms with van der Waals surface area (Å²) in [5, 5.41) is 8.27. The molecular formula is C33H30BrN3O3S. The van der Waals surface area contributed by atoms with E-state index in [1.165, 1.54) is 11.8 Å². The maximum absolute atomic E-state index is 13.3. The molecule has 4 aromatic carbocycles. The largest absolute Gasteiger partial charge is 0.325 e. The Balaban J connectivity index is 1.42. The second-order valence-electron chi connectivity index (χ2n) is 9.48. The standard InChI is InChI=1S/C33H30BrN3O3S/c1-21-9-18-29(22(2)19-21)36-31(38)23(3)41-28-16-14-27(15-17-28)35-33(40)30(20-24-10-12-26(34)13-11-24)37-32(39)25-7-5-4-6-8-25/h4-20,23H,1-3H3,(H,35,40)(H,36,38)(H,37,39)/b30-20-. The maximum Gasteiger partial charge on any atom is 0.272 e. The number of thioether (sulfide) groups is 1. The predicted molar refractivity (Wildman–Crippen MR) is 171 cm³/mol. The van der Waals surface area contributed by atoms with E-state index < -0.39 is 5.91 Å². The fraction of sp³-hybridized carbons (Fsp3) is 0.121. The summed E-state index contributed by atoms with van der Waals surface area (Å²) in [7, 11) is 0. The van der Waals surface area contributed by atoms with Crippen LogP contribution in [-0.4, -0.2) is 23.0 Å². The molecule has 0 spiro atoms. The van der Waals surface area contributed by atoms with Gasteiger partial charge in [-0.3, -0.25) is 14.4 Å². The zero-order valence-electron chi connectivity index (χ0n) is 22.9. The molecule has 3 N–H and O–H groups in total. The topological polar surface area (TPSA) is 87.3 Å². The van der Waals surface area contributed by atoms with Crippen LogP contribution in [0.2, 0.25) is 0 Å². The first-order valence-electron chi connectivity index (χ1n) is 13.0. The summed E-state index contributed by atoms with van der Waals surface area (Å²) in [5.41, 5.74) is 4.83. The molecule has 4 rings (SSSR count). The molecule has 6 nitrogen and oxygen atoms in total. The van der Waals surface area contributed by atoms with Crippen molar-refractivity contribution in [3.05, 3.63) is 129 Å². The second-order valence-corrected chi connectivity index (χ2v) is 11.8. The van der Waals surface area contributed by atoms with E-state index in [1.54, 1.807) is 42.5 Å². The highest BCUT2D eigenvalue weighted by atomic mass is 79.9. The Morgan fingerprint density at radius 2 is 1.51 bits per heavy atom. The first kappa shape index (κ1) is 29.8. The number of rotatable bonds is 9. The van der Waals surface area contributed by atoms with Gasteiger partial charge in [-0.05, 0) is 92.6 Å². The van der Waals surface area contributed by atoms with Crippen molar-refractivity contribution in [1.82, 2.24) is 5.32 Å². The van der Waals surface area contributed by atoms with E-state index in [2.05, 4.69) is 31.9 Å². The van der Waals surface area contributed by atoms with Gasteiger partial charge in [-0.1, -0.05) is 64.0 Å². The molecule has 0 aliphatic rings. The van der Waals surface area contributed by atoms with E-state index in [-0.39, 0.29) is 22.8 Å². The van der Waals surface area contributed by atoms with Crippen LogP contribution in [0.4, 0.5) is 11.4 Å². The SMILES string of the molecule is Cc1ccc(NC(=O)C(C)Sc2ccc(NC(=O)/C(=C/c3ccc(Br)cc3)NC(=O)c3ccccc3)cc2)c(C)c1. The number of amides is 3. The Bertz CT molecular complexity index is 1570. The van der Waals surface area contributed by atoms with Gasteiger partial charge in [0.05, 0.1) is 5.25 Å². The smallest absolute Gasteiger partial charge is 0.272 e. The molecule has 208 valence electrons. The molecule has 0 aliphatic carbocycles. The third-order valence-electron chi connectivity index (χ3n) is 6.14. The number of hydrogen-bond acceptors (Lipinski definition) is 4. The molecule has 1 atom stereocenters. The minimum atomic E-state index is -0.459.